The number of H-pyrrole nitrogens is 1. The highest BCUT2D eigenvalue weighted by Gasteiger charge is 2.08. The van der Waals surface area contributed by atoms with Crippen LogP contribution in [0.4, 0.5) is 0 Å². The van der Waals surface area contributed by atoms with Crippen molar-refractivity contribution in [3.8, 4) is 0 Å². The van der Waals surface area contributed by atoms with Gasteiger partial charge in [0, 0.05) is 12.1 Å². The van der Waals surface area contributed by atoms with Gasteiger partial charge in [0.2, 0.25) is 5.91 Å². The van der Waals surface area contributed by atoms with E-state index in [1.54, 1.807) is 6.08 Å². The molecule has 0 fully saturated rings. The summed E-state index contributed by atoms with van der Waals surface area (Å²) >= 11 is 6.05. The number of carbonyl (C=O) groups excluding carboxylic acids is 1. The number of hydrazone groups is 1. The fourth-order valence-electron chi connectivity index (χ4n) is 2.15. The molecule has 0 bridgehead atoms. The maximum atomic E-state index is 11.8. The van der Waals surface area contributed by atoms with Crippen molar-refractivity contribution in [3.63, 3.8) is 0 Å². The Kier molecular flexibility index (Phi) is 8.22. The van der Waals surface area contributed by atoms with Crippen molar-refractivity contribution >= 4 is 42.2 Å². The van der Waals surface area contributed by atoms with Crippen molar-refractivity contribution in [2.45, 2.75) is 26.7 Å². The Labute approximate surface area is 152 Å². The first kappa shape index (κ1) is 19.9. The number of halogens is 2. The molecule has 2 aromatic rings. The summed E-state index contributed by atoms with van der Waals surface area (Å²) in [4.78, 5) is 11.8. The fourth-order valence-corrected chi connectivity index (χ4v) is 2.32. The maximum Gasteiger partial charge on any atom is 0.240 e. The lowest BCUT2D eigenvalue weighted by atomic mass is 10.1. The summed E-state index contributed by atoms with van der Waals surface area (Å²) in [6.07, 6.45) is 4.16. The quantitative estimate of drug-likeness (QED) is 0.603. The van der Waals surface area contributed by atoms with E-state index in [-0.39, 0.29) is 18.3 Å². The highest BCUT2D eigenvalue weighted by atomic mass is 35.5. The summed E-state index contributed by atoms with van der Waals surface area (Å²) in [5, 5.41) is 11.3. The average molecular weight is 367 g/mol. The highest BCUT2D eigenvalue weighted by Crippen LogP contribution is 2.11. The molecule has 0 aliphatic rings. The molecule has 7 heteroatoms. The van der Waals surface area contributed by atoms with Gasteiger partial charge in [-0.15, -0.1) is 12.4 Å². The Morgan fingerprint density at radius 1 is 1.33 bits per heavy atom. The number of benzene rings is 1. The van der Waals surface area contributed by atoms with Gasteiger partial charge in [0.25, 0.3) is 0 Å². The second kappa shape index (κ2) is 9.90. The molecule has 2 rings (SSSR count). The van der Waals surface area contributed by atoms with Gasteiger partial charge in [-0.1, -0.05) is 41.9 Å². The lowest BCUT2D eigenvalue weighted by Gasteiger charge is -2.01. The molecule has 1 aromatic carbocycles. The van der Waals surface area contributed by atoms with Gasteiger partial charge in [0.1, 0.15) is 0 Å². The summed E-state index contributed by atoms with van der Waals surface area (Å²) in [5.74, 6) is -0.162. The highest BCUT2D eigenvalue weighted by molar-refractivity contribution is 6.41. The second-order valence-corrected chi connectivity index (χ2v) is 5.58. The normalized spacial score (nSPS) is 11.4. The molecule has 24 heavy (non-hydrogen) atoms. The van der Waals surface area contributed by atoms with E-state index in [1.165, 1.54) is 6.21 Å². The second-order valence-electron chi connectivity index (χ2n) is 5.15. The van der Waals surface area contributed by atoms with Crippen molar-refractivity contribution in [3.05, 3.63) is 57.9 Å². The first-order valence-electron chi connectivity index (χ1n) is 7.31. The van der Waals surface area contributed by atoms with Gasteiger partial charge < -0.3 is 0 Å². The summed E-state index contributed by atoms with van der Waals surface area (Å²) < 4.78 is 0. The maximum absolute atomic E-state index is 11.8. The molecule has 0 aliphatic heterocycles. The van der Waals surface area contributed by atoms with Crippen molar-refractivity contribution < 1.29 is 4.79 Å². The number of aromatic amines is 1. The average Bonchev–Trinajstić information content (AvgIpc) is 2.85. The number of allylic oxidation sites excluding steroid dienone is 1. The summed E-state index contributed by atoms with van der Waals surface area (Å²) in [7, 11) is 0. The Hall–Kier alpha value is -2.11. The monoisotopic (exact) mass is 366 g/mol. The number of amides is 1. The molecule has 0 radical (unpaired) electrons. The third-order valence-corrected chi connectivity index (χ3v) is 3.57. The molecule has 5 nitrogen and oxygen atoms in total. The van der Waals surface area contributed by atoms with Crippen LogP contribution in [0.3, 0.4) is 0 Å². The molecule has 0 atom stereocenters. The number of rotatable bonds is 6. The number of hydrogen-bond donors (Lipinski definition) is 2. The molecule has 1 amide bonds. The fraction of sp³-hybridized carbons (Fsp3) is 0.235. The smallest absolute Gasteiger partial charge is 0.240 e. The van der Waals surface area contributed by atoms with Crippen LogP contribution in [-0.4, -0.2) is 22.3 Å². The molecule has 128 valence electrons. The molecule has 1 heterocycles. The zero-order valence-electron chi connectivity index (χ0n) is 13.5. The molecule has 0 aliphatic carbocycles. The van der Waals surface area contributed by atoms with E-state index in [9.17, 15) is 4.79 Å². The van der Waals surface area contributed by atoms with Crippen molar-refractivity contribution in [1.82, 2.24) is 15.6 Å². The Morgan fingerprint density at radius 2 is 2.04 bits per heavy atom. The summed E-state index contributed by atoms with van der Waals surface area (Å²) in [6, 6.07) is 9.65. The molecular weight excluding hydrogens is 347 g/mol. The van der Waals surface area contributed by atoms with Crippen LogP contribution < -0.4 is 5.43 Å². The number of aromatic nitrogens is 2. The van der Waals surface area contributed by atoms with E-state index in [2.05, 4.69) is 20.7 Å². The van der Waals surface area contributed by atoms with Gasteiger partial charge in [-0.05, 0) is 37.5 Å². The van der Waals surface area contributed by atoms with E-state index in [0.29, 0.717) is 17.9 Å². The van der Waals surface area contributed by atoms with Crippen LogP contribution in [0.1, 0.15) is 28.9 Å². The minimum atomic E-state index is -0.162. The van der Waals surface area contributed by atoms with E-state index in [4.69, 9.17) is 11.6 Å². The first-order valence-corrected chi connectivity index (χ1v) is 7.68. The molecule has 0 saturated carbocycles. The third kappa shape index (κ3) is 6.18. The lowest BCUT2D eigenvalue weighted by molar-refractivity contribution is -0.121. The minimum absolute atomic E-state index is 0. The number of nitrogens with zero attached hydrogens (tertiary/aromatic N) is 2. The lowest BCUT2D eigenvalue weighted by Crippen LogP contribution is -2.18. The van der Waals surface area contributed by atoms with Crippen LogP contribution in [0, 0.1) is 13.8 Å². The third-order valence-electron chi connectivity index (χ3n) is 3.36. The number of aryl methyl sites for hydroxylation is 2. The Morgan fingerprint density at radius 3 is 2.67 bits per heavy atom. The van der Waals surface area contributed by atoms with Crippen molar-refractivity contribution in [2.75, 3.05) is 0 Å². The van der Waals surface area contributed by atoms with Gasteiger partial charge >= 0.3 is 0 Å². The molecule has 0 spiro atoms. The van der Waals surface area contributed by atoms with Crippen LogP contribution in [0.2, 0.25) is 0 Å². The van der Waals surface area contributed by atoms with E-state index in [1.807, 2.05) is 44.2 Å². The van der Waals surface area contributed by atoms with Gasteiger partial charge in [0.05, 0.1) is 16.9 Å². The largest absolute Gasteiger partial charge is 0.282 e. The molecule has 2 N–H and O–H groups in total. The van der Waals surface area contributed by atoms with Gasteiger partial charge in [0.15, 0.2) is 0 Å². The Bertz CT molecular complexity index is 704. The van der Waals surface area contributed by atoms with Crippen LogP contribution in [0.25, 0.3) is 6.08 Å². The first-order chi connectivity index (χ1) is 11.1. The Balaban J connectivity index is 0.00000288. The zero-order chi connectivity index (χ0) is 16.7. The zero-order valence-corrected chi connectivity index (χ0v) is 15.1. The predicted molar refractivity (Wildman–Crippen MR) is 101 cm³/mol. The number of carbonyl (C=O) groups is 1. The molecule has 0 saturated heterocycles. The van der Waals surface area contributed by atoms with Gasteiger partial charge in [-0.3, -0.25) is 9.89 Å². The van der Waals surface area contributed by atoms with E-state index < -0.39 is 0 Å². The van der Waals surface area contributed by atoms with Crippen molar-refractivity contribution in [2.24, 2.45) is 5.10 Å². The minimum Gasteiger partial charge on any atom is -0.282 e. The van der Waals surface area contributed by atoms with Crippen molar-refractivity contribution in [1.29, 1.82) is 0 Å². The van der Waals surface area contributed by atoms with Crippen LogP contribution >= 0.6 is 24.0 Å². The number of nitrogens with one attached hydrogen (secondary N) is 2. The van der Waals surface area contributed by atoms with E-state index in [0.717, 1.165) is 22.5 Å². The molecular formula is C17H20Cl2N4O. The summed E-state index contributed by atoms with van der Waals surface area (Å²) in [6.45, 7) is 3.86. The SMILES string of the molecule is Cc1n[nH]c(C)c1CCC(=O)N/N=C/C(Cl)=C/c1ccccc1.Cl. The van der Waals surface area contributed by atoms with Gasteiger partial charge in [-0.2, -0.15) is 10.2 Å². The topological polar surface area (TPSA) is 70.1 Å². The van der Waals surface area contributed by atoms with Gasteiger partial charge in [-0.25, -0.2) is 5.43 Å². The molecule has 1 aromatic heterocycles. The van der Waals surface area contributed by atoms with Crippen LogP contribution in [-0.2, 0) is 11.2 Å². The van der Waals surface area contributed by atoms with E-state index >= 15 is 0 Å². The number of hydrogen-bond acceptors (Lipinski definition) is 3. The molecule has 0 unspecified atom stereocenters. The standard InChI is InChI=1S/C17H19ClN4O.ClH/c1-12-16(13(2)21-20-12)8-9-17(23)22-19-11-15(18)10-14-6-4-3-5-7-14;/h3-7,10-11H,8-9H2,1-2H3,(H,20,21)(H,22,23);1H/b15-10-,19-11+;. The van der Waals surface area contributed by atoms with Crippen LogP contribution in [0.15, 0.2) is 40.5 Å². The predicted octanol–water partition coefficient (Wildman–Crippen LogP) is 3.76. The summed E-state index contributed by atoms with van der Waals surface area (Å²) in [5.41, 5.74) is 6.44. The van der Waals surface area contributed by atoms with Crippen LogP contribution in [0.5, 0.6) is 0 Å².